The number of hydrogen-bond donors (Lipinski definition) is 0. The van der Waals surface area contributed by atoms with Gasteiger partial charge in [-0.1, -0.05) is 39.3 Å². The molecule has 1 aromatic rings. The van der Waals surface area contributed by atoms with Crippen LogP contribution in [0, 0.1) is 6.92 Å². The molecule has 0 amide bonds. The van der Waals surface area contributed by atoms with E-state index in [2.05, 4.69) is 42.6 Å². The van der Waals surface area contributed by atoms with Crippen LogP contribution in [0.1, 0.15) is 45.5 Å². The van der Waals surface area contributed by atoms with E-state index < -0.39 is 0 Å². The van der Waals surface area contributed by atoms with Gasteiger partial charge in [-0.3, -0.25) is 0 Å². The maximum Gasteiger partial charge on any atom is 0.137 e. The second-order valence-corrected chi connectivity index (χ2v) is 5.82. The topological polar surface area (TPSA) is 29.0 Å². The van der Waals surface area contributed by atoms with E-state index in [1.54, 1.807) is 0 Å². The van der Waals surface area contributed by atoms with Crippen LogP contribution in [0.4, 0.5) is 5.82 Å². The fraction of sp³-hybridized carbons (Fsp3) is 0.692. The molecule has 0 saturated carbocycles. The van der Waals surface area contributed by atoms with Gasteiger partial charge in [0, 0.05) is 24.6 Å². The third kappa shape index (κ3) is 3.32. The number of rotatable bonds is 3. The van der Waals surface area contributed by atoms with Crippen LogP contribution in [-0.4, -0.2) is 23.6 Å². The highest BCUT2D eigenvalue weighted by molar-refractivity contribution is 6.30. The standard InChI is InChI=1S/C13H22ClN3/c1-7-8-17(6)11-9(2)10(14)15-12(16-11)13(3,4)5/h7-8H2,1-6H3. The van der Waals surface area contributed by atoms with Crippen molar-refractivity contribution in [3.8, 4) is 0 Å². The van der Waals surface area contributed by atoms with Crippen LogP contribution in [0.15, 0.2) is 0 Å². The van der Waals surface area contributed by atoms with Gasteiger partial charge in [0.2, 0.25) is 0 Å². The predicted molar refractivity (Wildman–Crippen MR) is 74.0 cm³/mol. The molecule has 0 radical (unpaired) electrons. The number of nitrogens with zero attached hydrogens (tertiary/aromatic N) is 3. The Labute approximate surface area is 109 Å². The van der Waals surface area contributed by atoms with Crippen molar-refractivity contribution in [2.24, 2.45) is 0 Å². The summed E-state index contributed by atoms with van der Waals surface area (Å²) < 4.78 is 0. The Balaban J connectivity index is 3.25. The summed E-state index contributed by atoms with van der Waals surface area (Å²) in [5.74, 6) is 1.74. The first-order chi connectivity index (χ1) is 7.77. The maximum absolute atomic E-state index is 6.19. The monoisotopic (exact) mass is 255 g/mol. The Morgan fingerprint density at radius 2 is 1.82 bits per heavy atom. The van der Waals surface area contributed by atoms with Crippen molar-refractivity contribution in [3.63, 3.8) is 0 Å². The molecule has 0 aromatic carbocycles. The highest BCUT2D eigenvalue weighted by atomic mass is 35.5. The summed E-state index contributed by atoms with van der Waals surface area (Å²) in [4.78, 5) is 11.2. The lowest BCUT2D eigenvalue weighted by molar-refractivity contribution is 0.543. The zero-order valence-electron chi connectivity index (χ0n) is 11.6. The first-order valence-electron chi connectivity index (χ1n) is 6.03. The number of anilines is 1. The van der Waals surface area contributed by atoms with Gasteiger partial charge in [0.15, 0.2) is 0 Å². The van der Waals surface area contributed by atoms with Crippen LogP contribution >= 0.6 is 11.6 Å². The SMILES string of the molecule is CCCN(C)c1nc(C(C)(C)C)nc(Cl)c1C. The van der Waals surface area contributed by atoms with Gasteiger partial charge in [0.1, 0.15) is 16.8 Å². The smallest absolute Gasteiger partial charge is 0.137 e. The van der Waals surface area contributed by atoms with Crippen molar-refractivity contribution in [1.29, 1.82) is 0 Å². The average molecular weight is 256 g/mol. The average Bonchev–Trinajstić information content (AvgIpc) is 2.20. The molecule has 0 aliphatic rings. The molecule has 3 nitrogen and oxygen atoms in total. The lowest BCUT2D eigenvalue weighted by Crippen LogP contribution is -2.24. The zero-order valence-corrected chi connectivity index (χ0v) is 12.4. The fourth-order valence-corrected chi connectivity index (χ4v) is 1.79. The van der Waals surface area contributed by atoms with E-state index in [0.29, 0.717) is 5.15 Å². The Hall–Kier alpha value is -0.830. The Kier molecular flexibility index (Phi) is 4.36. The molecule has 0 unspecified atom stereocenters. The first-order valence-corrected chi connectivity index (χ1v) is 6.41. The van der Waals surface area contributed by atoms with Crippen molar-refractivity contribution >= 4 is 17.4 Å². The van der Waals surface area contributed by atoms with E-state index in [1.165, 1.54) is 0 Å². The minimum atomic E-state index is -0.0842. The van der Waals surface area contributed by atoms with E-state index in [1.807, 2.05) is 14.0 Å². The lowest BCUT2D eigenvalue weighted by Gasteiger charge is -2.24. The van der Waals surface area contributed by atoms with E-state index >= 15 is 0 Å². The summed E-state index contributed by atoms with van der Waals surface area (Å²) in [5.41, 5.74) is 0.870. The lowest BCUT2D eigenvalue weighted by atomic mass is 9.95. The summed E-state index contributed by atoms with van der Waals surface area (Å²) in [7, 11) is 2.04. The van der Waals surface area contributed by atoms with Crippen LogP contribution in [0.2, 0.25) is 5.15 Å². The van der Waals surface area contributed by atoms with Crippen molar-refractivity contribution < 1.29 is 0 Å². The Morgan fingerprint density at radius 3 is 2.29 bits per heavy atom. The summed E-state index contributed by atoms with van der Waals surface area (Å²) in [6.45, 7) is 11.4. The van der Waals surface area contributed by atoms with Crippen LogP contribution in [0.25, 0.3) is 0 Å². The van der Waals surface area contributed by atoms with E-state index in [9.17, 15) is 0 Å². The quantitative estimate of drug-likeness (QED) is 0.773. The molecule has 17 heavy (non-hydrogen) atoms. The van der Waals surface area contributed by atoms with Gasteiger partial charge in [-0.15, -0.1) is 0 Å². The van der Waals surface area contributed by atoms with Gasteiger partial charge in [0.05, 0.1) is 0 Å². The summed E-state index contributed by atoms with van der Waals surface area (Å²) in [6, 6.07) is 0. The van der Waals surface area contributed by atoms with Crippen LogP contribution in [-0.2, 0) is 5.41 Å². The van der Waals surface area contributed by atoms with E-state index in [0.717, 1.165) is 30.2 Å². The number of hydrogen-bond acceptors (Lipinski definition) is 3. The van der Waals surface area contributed by atoms with Crippen LogP contribution in [0.3, 0.4) is 0 Å². The molecule has 1 heterocycles. The van der Waals surface area contributed by atoms with Crippen molar-refractivity contribution in [2.45, 2.75) is 46.5 Å². The first kappa shape index (κ1) is 14.2. The Bertz CT molecular complexity index is 396. The molecule has 4 heteroatoms. The highest BCUT2D eigenvalue weighted by Gasteiger charge is 2.21. The molecule has 0 bridgehead atoms. The zero-order chi connectivity index (χ0) is 13.2. The maximum atomic E-state index is 6.19. The molecule has 96 valence electrons. The molecule has 0 N–H and O–H groups in total. The fourth-order valence-electron chi connectivity index (χ4n) is 1.63. The number of halogens is 1. The molecule has 0 saturated heterocycles. The van der Waals surface area contributed by atoms with Crippen molar-refractivity contribution in [2.75, 3.05) is 18.5 Å². The predicted octanol–water partition coefficient (Wildman–Crippen LogP) is 3.58. The second-order valence-electron chi connectivity index (χ2n) is 5.46. The van der Waals surface area contributed by atoms with Crippen LogP contribution in [0.5, 0.6) is 0 Å². The van der Waals surface area contributed by atoms with Crippen molar-refractivity contribution in [1.82, 2.24) is 9.97 Å². The van der Waals surface area contributed by atoms with Gasteiger partial charge in [-0.2, -0.15) is 0 Å². The van der Waals surface area contributed by atoms with Gasteiger partial charge in [0.25, 0.3) is 0 Å². The molecule has 0 spiro atoms. The van der Waals surface area contributed by atoms with Crippen molar-refractivity contribution in [3.05, 3.63) is 16.5 Å². The normalized spacial score (nSPS) is 11.7. The minimum absolute atomic E-state index is 0.0842. The largest absolute Gasteiger partial charge is 0.359 e. The second kappa shape index (κ2) is 5.21. The van der Waals surface area contributed by atoms with Gasteiger partial charge < -0.3 is 4.90 Å². The summed E-state index contributed by atoms with van der Waals surface area (Å²) in [6.07, 6.45) is 1.09. The minimum Gasteiger partial charge on any atom is -0.359 e. The molecule has 0 atom stereocenters. The Morgan fingerprint density at radius 1 is 1.24 bits per heavy atom. The molecule has 0 aliphatic carbocycles. The molecule has 1 aromatic heterocycles. The third-order valence-corrected chi connectivity index (χ3v) is 3.02. The molecule has 0 aliphatic heterocycles. The summed E-state index contributed by atoms with van der Waals surface area (Å²) >= 11 is 6.19. The van der Waals surface area contributed by atoms with E-state index in [4.69, 9.17) is 11.6 Å². The van der Waals surface area contributed by atoms with E-state index in [-0.39, 0.29) is 5.41 Å². The molecule has 1 rings (SSSR count). The summed E-state index contributed by atoms with van der Waals surface area (Å²) in [5, 5.41) is 0.558. The molecular weight excluding hydrogens is 234 g/mol. The highest BCUT2D eigenvalue weighted by Crippen LogP contribution is 2.27. The number of aromatic nitrogens is 2. The van der Waals surface area contributed by atoms with Crippen LogP contribution < -0.4 is 4.90 Å². The van der Waals surface area contributed by atoms with Gasteiger partial charge >= 0.3 is 0 Å². The molecule has 0 fully saturated rings. The van der Waals surface area contributed by atoms with Gasteiger partial charge in [-0.25, -0.2) is 9.97 Å². The third-order valence-electron chi connectivity index (χ3n) is 2.65. The molecular formula is C13H22ClN3. The van der Waals surface area contributed by atoms with Gasteiger partial charge in [-0.05, 0) is 13.3 Å².